The Balaban J connectivity index is 2.44. The number of hydrogen-bond acceptors (Lipinski definition) is 3. The fourth-order valence-corrected chi connectivity index (χ4v) is 2.56. The minimum atomic E-state index is -0.401. The molecule has 23 heavy (non-hydrogen) atoms. The van der Waals surface area contributed by atoms with Crippen molar-refractivity contribution in [3.8, 4) is 0 Å². The Morgan fingerprint density at radius 1 is 1.09 bits per heavy atom. The minimum absolute atomic E-state index is 0.0312. The van der Waals surface area contributed by atoms with Gasteiger partial charge in [0.15, 0.2) is 0 Å². The van der Waals surface area contributed by atoms with Crippen LogP contribution in [0.3, 0.4) is 0 Å². The molecule has 0 atom stereocenters. The zero-order valence-corrected chi connectivity index (χ0v) is 14.6. The number of ketones is 1. The summed E-state index contributed by atoms with van der Waals surface area (Å²) in [6, 6.07) is 9.61. The quantitative estimate of drug-likeness (QED) is 0.692. The molecule has 0 spiro atoms. The largest absolute Gasteiger partial charge is 0.445 e. The molecule has 1 N–H and O–H groups in total. The molecule has 0 fully saturated rings. The Labute approximate surface area is 139 Å². The zero-order valence-electron chi connectivity index (χ0n) is 14.6. The molecule has 1 aromatic carbocycles. The van der Waals surface area contributed by atoms with Gasteiger partial charge in [-0.1, -0.05) is 51.1 Å². The third-order valence-corrected chi connectivity index (χ3v) is 4.65. The second kappa shape index (κ2) is 10.0. The van der Waals surface area contributed by atoms with Crippen LogP contribution in [0.2, 0.25) is 0 Å². The van der Waals surface area contributed by atoms with Crippen LogP contribution in [0.25, 0.3) is 0 Å². The lowest BCUT2D eigenvalue weighted by Crippen LogP contribution is -2.37. The van der Waals surface area contributed by atoms with Crippen LogP contribution in [-0.2, 0) is 16.1 Å². The Hall–Kier alpha value is -1.84. The highest BCUT2D eigenvalue weighted by Crippen LogP contribution is 2.31. The maximum Gasteiger partial charge on any atom is 0.407 e. The molecule has 0 saturated carbocycles. The molecule has 1 rings (SSSR count). The van der Waals surface area contributed by atoms with Gasteiger partial charge in [0.25, 0.3) is 0 Å². The third-order valence-electron chi connectivity index (χ3n) is 4.65. The molecule has 0 aliphatic carbocycles. The number of nitrogens with one attached hydrogen (secondary N) is 1. The number of hydrogen-bond donors (Lipinski definition) is 1. The Morgan fingerprint density at radius 2 is 1.74 bits per heavy atom. The SMILES string of the molecule is CCC(=O)CCC(CC)(CC)CNC(=O)OCc1ccccc1. The number of carbonyl (C=O) groups excluding carboxylic acids is 2. The highest BCUT2D eigenvalue weighted by Gasteiger charge is 2.27. The number of rotatable bonds is 10. The fourth-order valence-electron chi connectivity index (χ4n) is 2.56. The van der Waals surface area contributed by atoms with E-state index in [1.165, 1.54) is 0 Å². The van der Waals surface area contributed by atoms with E-state index in [-0.39, 0.29) is 17.8 Å². The summed E-state index contributed by atoms with van der Waals surface area (Å²) in [5, 5.41) is 2.86. The molecule has 0 saturated heterocycles. The standard InChI is InChI=1S/C19H29NO3/c1-4-17(21)12-13-19(5-2,6-3)15-20-18(22)23-14-16-10-8-7-9-11-16/h7-11H,4-6,12-15H2,1-3H3,(H,20,22). The van der Waals surface area contributed by atoms with Crippen LogP contribution in [0.4, 0.5) is 4.79 Å². The van der Waals surface area contributed by atoms with Gasteiger partial charge in [-0.25, -0.2) is 4.79 Å². The van der Waals surface area contributed by atoms with Gasteiger partial charge in [0.2, 0.25) is 0 Å². The van der Waals surface area contributed by atoms with E-state index in [4.69, 9.17) is 4.74 Å². The number of Topliss-reactive ketones (excluding diaryl/α,β-unsaturated/α-hetero) is 1. The number of amides is 1. The smallest absolute Gasteiger partial charge is 0.407 e. The van der Waals surface area contributed by atoms with Crippen molar-refractivity contribution < 1.29 is 14.3 Å². The summed E-state index contributed by atoms with van der Waals surface area (Å²) in [7, 11) is 0. The fraction of sp³-hybridized carbons (Fsp3) is 0.579. The summed E-state index contributed by atoms with van der Waals surface area (Å²) in [6.45, 7) is 6.92. The van der Waals surface area contributed by atoms with Crippen molar-refractivity contribution in [1.82, 2.24) is 5.32 Å². The average Bonchev–Trinajstić information content (AvgIpc) is 2.61. The Bertz CT molecular complexity index is 481. The van der Waals surface area contributed by atoms with E-state index in [0.717, 1.165) is 24.8 Å². The minimum Gasteiger partial charge on any atom is -0.445 e. The predicted octanol–water partition coefficient (Wildman–Crippen LogP) is 4.48. The van der Waals surface area contributed by atoms with Crippen molar-refractivity contribution in [3.63, 3.8) is 0 Å². The van der Waals surface area contributed by atoms with Gasteiger partial charge in [0.1, 0.15) is 12.4 Å². The topological polar surface area (TPSA) is 55.4 Å². The summed E-state index contributed by atoms with van der Waals surface area (Å²) in [5.41, 5.74) is 0.935. The second-order valence-corrected chi connectivity index (χ2v) is 6.01. The van der Waals surface area contributed by atoms with E-state index in [0.29, 0.717) is 19.4 Å². The summed E-state index contributed by atoms with van der Waals surface area (Å²) in [6.07, 6.45) is 3.43. The van der Waals surface area contributed by atoms with Gasteiger partial charge >= 0.3 is 6.09 Å². The van der Waals surface area contributed by atoms with Crippen LogP contribution < -0.4 is 5.32 Å². The molecule has 1 aromatic rings. The molecule has 1 amide bonds. The van der Waals surface area contributed by atoms with Crippen molar-refractivity contribution in [2.24, 2.45) is 5.41 Å². The highest BCUT2D eigenvalue weighted by atomic mass is 16.5. The number of carbonyl (C=O) groups is 2. The van der Waals surface area contributed by atoms with E-state index < -0.39 is 6.09 Å². The molecule has 0 aliphatic heterocycles. The molecule has 0 aromatic heterocycles. The van der Waals surface area contributed by atoms with Crippen molar-refractivity contribution >= 4 is 11.9 Å². The van der Waals surface area contributed by atoms with E-state index in [1.807, 2.05) is 37.3 Å². The van der Waals surface area contributed by atoms with Gasteiger partial charge in [-0.05, 0) is 30.2 Å². The van der Waals surface area contributed by atoms with Gasteiger partial charge in [-0.2, -0.15) is 0 Å². The monoisotopic (exact) mass is 319 g/mol. The van der Waals surface area contributed by atoms with Gasteiger partial charge in [-0.15, -0.1) is 0 Å². The van der Waals surface area contributed by atoms with Crippen LogP contribution in [0.1, 0.15) is 58.4 Å². The Kier molecular flexibility index (Phi) is 8.38. The van der Waals surface area contributed by atoms with Crippen molar-refractivity contribution in [2.45, 2.75) is 59.5 Å². The van der Waals surface area contributed by atoms with Crippen LogP contribution in [0.15, 0.2) is 30.3 Å². The second-order valence-electron chi connectivity index (χ2n) is 6.01. The summed E-state index contributed by atoms with van der Waals surface area (Å²) < 4.78 is 5.24. The van der Waals surface area contributed by atoms with Gasteiger partial charge in [0, 0.05) is 19.4 Å². The predicted molar refractivity (Wildman–Crippen MR) is 92.2 cm³/mol. The first-order valence-corrected chi connectivity index (χ1v) is 8.51. The third kappa shape index (κ3) is 6.85. The number of ether oxygens (including phenoxy) is 1. The lowest BCUT2D eigenvalue weighted by Gasteiger charge is -2.31. The normalized spacial score (nSPS) is 11.1. The number of benzene rings is 1. The van der Waals surface area contributed by atoms with E-state index >= 15 is 0 Å². The first-order valence-electron chi connectivity index (χ1n) is 8.51. The highest BCUT2D eigenvalue weighted by molar-refractivity contribution is 5.78. The van der Waals surface area contributed by atoms with Crippen molar-refractivity contribution in [1.29, 1.82) is 0 Å². The lowest BCUT2D eigenvalue weighted by molar-refractivity contribution is -0.119. The van der Waals surface area contributed by atoms with Gasteiger partial charge in [0.05, 0.1) is 0 Å². The molecule has 4 heteroatoms. The molecule has 128 valence electrons. The van der Waals surface area contributed by atoms with Crippen molar-refractivity contribution in [3.05, 3.63) is 35.9 Å². The van der Waals surface area contributed by atoms with E-state index in [2.05, 4.69) is 19.2 Å². The van der Waals surface area contributed by atoms with E-state index in [9.17, 15) is 9.59 Å². The van der Waals surface area contributed by atoms with Crippen LogP contribution in [-0.4, -0.2) is 18.4 Å². The average molecular weight is 319 g/mol. The first kappa shape index (κ1) is 19.2. The van der Waals surface area contributed by atoms with Crippen LogP contribution >= 0.6 is 0 Å². The molecule has 0 aliphatic rings. The Morgan fingerprint density at radius 3 is 2.30 bits per heavy atom. The lowest BCUT2D eigenvalue weighted by atomic mass is 9.77. The van der Waals surface area contributed by atoms with Crippen LogP contribution in [0, 0.1) is 5.41 Å². The van der Waals surface area contributed by atoms with Crippen molar-refractivity contribution in [2.75, 3.05) is 6.54 Å². The molecule has 0 heterocycles. The summed E-state index contributed by atoms with van der Waals surface area (Å²) in [4.78, 5) is 23.5. The van der Waals surface area contributed by atoms with Gasteiger partial charge in [-0.3, -0.25) is 4.79 Å². The van der Waals surface area contributed by atoms with Gasteiger partial charge < -0.3 is 10.1 Å². The molecule has 0 bridgehead atoms. The summed E-state index contributed by atoms with van der Waals surface area (Å²) in [5.74, 6) is 0.280. The van der Waals surface area contributed by atoms with Crippen LogP contribution in [0.5, 0.6) is 0 Å². The molecular formula is C19H29NO3. The summed E-state index contributed by atoms with van der Waals surface area (Å²) >= 11 is 0. The maximum absolute atomic E-state index is 11.9. The molecule has 0 unspecified atom stereocenters. The molecule has 0 radical (unpaired) electrons. The number of alkyl carbamates (subject to hydrolysis) is 1. The maximum atomic E-state index is 11.9. The molecule has 4 nitrogen and oxygen atoms in total. The molecular weight excluding hydrogens is 290 g/mol. The first-order chi connectivity index (χ1) is 11.0. The van der Waals surface area contributed by atoms with E-state index in [1.54, 1.807) is 0 Å². The zero-order chi connectivity index (χ0) is 17.1.